The average molecular weight is 351 g/mol. The number of carbonyl (C=O) groups is 2. The van der Waals surface area contributed by atoms with Gasteiger partial charge in [0.15, 0.2) is 0 Å². The summed E-state index contributed by atoms with van der Waals surface area (Å²) < 4.78 is 0. The lowest BCUT2D eigenvalue weighted by molar-refractivity contribution is 0.0761. The largest absolute Gasteiger partial charge is 0.347 e. The van der Waals surface area contributed by atoms with Crippen LogP contribution in [0.15, 0.2) is 42.6 Å². The van der Waals surface area contributed by atoms with Crippen molar-refractivity contribution in [1.82, 2.24) is 15.2 Å². The SMILES string of the molecule is Cc1ccc(CNC(=O)c2cc(C(=O)N3CCCCCC3)ccn2)cc1. The highest BCUT2D eigenvalue weighted by Gasteiger charge is 2.19. The van der Waals surface area contributed by atoms with E-state index in [-0.39, 0.29) is 17.5 Å². The maximum atomic E-state index is 12.7. The van der Waals surface area contributed by atoms with Crippen LogP contribution in [0.4, 0.5) is 0 Å². The van der Waals surface area contributed by atoms with Gasteiger partial charge in [-0.25, -0.2) is 0 Å². The van der Waals surface area contributed by atoms with Crippen LogP contribution in [-0.2, 0) is 6.54 Å². The zero-order valence-electron chi connectivity index (χ0n) is 15.2. The number of nitrogens with zero attached hydrogens (tertiary/aromatic N) is 2. The number of carbonyl (C=O) groups excluding carboxylic acids is 2. The van der Waals surface area contributed by atoms with Gasteiger partial charge < -0.3 is 10.2 Å². The Morgan fingerprint density at radius 3 is 2.42 bits per heavy atom. The fraction of sp³-hybridized carbons (Fsp3) is 0.381. The zero-order chi connectivity index (χ0) is 18.4. The predicted molar refractivity (Wildman–Crippen MR) is 101 cm³/mol. The van der Waals surface area contributed by atoms with Crippen LogP contribution in [0.1, 0.15) is 57.7 Å². The third-order valence-electron chi connectivity index (χ3n) is 4.71. The van der Waals surface area contributed by atoms with Gasteiger partial charge in [-0.3, -0.25) is 14.6 Å². The molecule has 0 radical (unpaired) electrons. The second-order valence-electron chi connectivity index (χ2n) is 6.80. The summed E-state index contributed by atoms with van der Waals surface area (Å²) in [4.78, 5) is 31.1. The van der Waals surface area contributed by atoms with E-state index in [4.69, 9.17) is 0 Å². The molecule has 136 valence electrons. The van der Waals surface area contributed by atoms with Crippen LogP contribution in [0.2, 0.25) is 0 Å². The number of benzene rings is 1. The first kappa shape index (κ1) is 18.1. The van der Waals surface area contributed by atoms with Crippen molar-refractivity contribution in [1.29, 1.82) is 0 Å². The molecule has 0 spiro atoms. The van der Waals surface area contributed by atoms with Crippen molar-refractivity contribution in [2.24, 2.45) is 0 Å². The van der Waals surface area contributed by atoms with Gasteiger partial charge >= 0.3 is 0 Å². The summed E-state index contributed by atoms with van der Waals surface area (Å²) in [6.07, 6.45) is 5.97. The van der Waals surface area contributed by atoms with E-state index < -0.39 is 0 Å². The summed E-state index contributed by atoms with van der Waals surface area (Å²) >= 11 is 0. The van der Waals surface area contributed by atoms with Crippen LogP contribution in [0.3, 0.4) is 0 Å². The normalized spacial score (nSPS) is 14.6. The average Bonchev–Trinajstić information content (AvgIpc) is 2.96. The molecule has 1 aromatic carbocycles. The molecule has 0 saturated carbocycles. The second kappa shape index (κ2) is 8.61. The Morgan fingerprint density at radius 1 is 1.04 bits per heavy atom. The molecule has 5 heteroatoms. The molecule has 2 aromatic rings. The van der Waals surface area contributed by atoms with Gasteiger partial charge in [0.05, 0.1) is 0 Å². The van der Waals surface area contributed by atoms with Gasteiger partial charge in [-0.15, -0.1) is 0 Å². The van der Waals surface area contributed by atoms with E-state index in [9.17, 15) is 9.59 Å². The first-order valence-corrected chi connectivity index (χ1v) is 9.22. The molecule has 26 heavy (non-hydrogen) atoms. The highest BCUT2D eigenvalue weighted by Crippen LogP contribution is 2.14. The zero-order valence-corrected chi connectivity index (χ0v) is 15.2. The number of likely N-dealkylation sites (tertiary alicyclic amines) is 1. The van der Waals surface area contributed by atoms with Crippen LogP contribution in [-0.4, -0.2) is 34.8 Å². The molecule has 0 atom stereocenters. The third-order valence-corrected chi connectivity index (χ3v) is 4.71. The summed E-state index contributed by atoms with van der Waals surface area (Å²) in [5, 5.41) is 2.86. The van der Waals surface area contributed by atoms with E-state index >= 15 is 0 Å². The lowest BCUT2D eigenvalue weighted by atomic mass is 10.1. The standard InChI is InChI=1S/C21H25N3O2/c1-16-6-8-17(9-7-16)15-23-20(25)19-14-18(10-11-22-19)21(26)24-12-4-2-3-5-13-24/h6-11,14H,2-5,12-13,15H2,1H3,(H,23,25). The maximum Gasteiger partial charge on any atom is 0.270 e. The van der Waals surface area contributed by atoms with Gasteiger partial charge in [0, 0.05) is 31.4 Å². The van der Waals surface area contributed by atoms with Crippen molar-refractivity contribution in [2.75, 3.05) is 13.1 Å². The van der Waals surface area contributed by atoms with Crippen molar-refractivity contribution in [3.63, 3.8) is 0 Å². The molecule has 2 heterocycles. The first-order valence-electron chi connectivity index (χ1n) is 9.22. The predicted octanol–water partition coefficient (Wildman–Crippen LogP) is 3.34. The third kappa shape index (κ3) is 4.69. The molecule has 1 aromatic heterocycles. The number of hydrogen-bond acceptors (Lipinski definition) is 3. The van der Waals surface area contributed by atoms with E-state index in [1.54, 1.807) is 12.1 Å². The molecule has 3 rings (SSSR count). The minimum atomic E-state index is -0.268. The van der Waals surface area contributed by atoms with E-state index in [1.807, 2.05) is 36.1 Å². The van der Waals surface area contributed by atoms with Crippen LogP contribution < -0.4 is 5.32 Å². The number of rotatable bonds is 4. The van der Waals surface area contributed by atoms with E-state index in [1.165, 1.54) is 24.6 Å². The molecule has 0 unspecified atom stereocenters. The van der Waals surface area contributed by atoms with Gasteiger partial charge in [-0.1, -0.05) is 42.7 Å². The Hall–Kier alpha value is -2.69. The van der Waals surface area contributed by atoms with Crippen molar-refractivity contribution in [3.8, 4) is 0 Å². The molecular weight excluding hydrogens is 326 g/mol. The summed E-state index contributed by atoms with van der Waals surface area (Å²) in [5.41, 5.74) is 3.02. The Balaban J connectivity index is 1.64. The van der Waals surface area contributed by atoms with Crippen LogP contribution >= 0.6 is 0 Å². The van der Waals surface area contributed by atoms with Gasteiger partial charge in [-0.2, -0.15) is 0 Å². The van der Waals surface area contributed by atoms with Crippen molar-refractivity contribution in [2.45, 2.75) is 39.2 Å². The molecule has 0 bridgehead atoms. The lowest BCUT2D eigenvalue weighted by Gasteiger charge is -2.20. The van der Waals surface area contributed by atoms with Crippen LogP contribution in [0.5, 0.6) is 0 Å². The number of pyridine rings is 1. The topological polar surface area (TPSA) is 62.3 Å². The van der Waals surface area contributed by atoms with Crippen molar-refractivity contribution in [3.05, 3.63) is 65.0 Å². The highest BCUT2D eigenvalue weighted by atomic mass is 16.2. The van der Waals surface area contributed by atoms with Gasteiger partial charge in [0.2, 0.25) is 0 Å². The number of hydrogen-bond donors (Lipinski definition) is 1. The molecule has 1 aliphatic rings. The molecular formula is C21H25N3O2. The van der Waals surface area contributed by atoms with Crippen LogP contribution in [0.25, 0.3) is 0 Å². The summed E-state index contributed by atoms with van der Waals surface area (Å²) in [6.45, 7) is 4.04. The molecule has 1 saturated heterocycles. The van der Waals surface area contributed by atoms with E-state index in [2.05, 4.69) is 10.3 Å². The lowest BCUT2D eigenvalue weighted by Crippen LogP contribution is -2.32. The molecule has 0 aliphatic carbocycles. The first-order chi connectivity index (χ1) is 12.6. The Morgan fingerprint density at radius 2 is 1.73 bits per heavy atom. The minimum Gasteiger partial charge on any atom is -0.347 e. The Kier molecular flexibility index (Phi) is 6.00. The molecule has 1 N–H and O–H groups in total. The second-order valence-corrected chi connectivity index (χ2v) is 6.80. The maximum absolute atomic E-state index is 12.7. The molecule has 5 nitrogen and oxygen atoms in total. The molecule has 2 amide bonds. The van der Waals surface area contributed by atoms with Crippen LogP contribution in [0, 0.1) is 6.92 Å². The summed E-state index contributed by atoms with van der Waals surface area (Å²) in [6, 6.07) is 11.3. The van der Waals surface area contributed by atoms with E-state index in [0.29, 0.717) is 12.1 Å². The summed E-state index contributed by atoms with van der Waals surface area (Å²) in [5.74, 6) is -0.280. The van der Waals surface area contributed by atoms with Gasteiger partial charge in [0.1, 0.15) is 5.69 Å². The van der Waals surface area contributed by atoms with Gasteiger partial charge in [-0.05, 0) is 37.5 Å². The monoisotopic (exact) mass is 351 g/mol. The summed E-state index contributed by atoms with van der Waals surface area (Å²) in [7, 11) is 0. The molecule has 1 aliphatic heterocycles. The number of amides is 2. The minimum absolute atomic E-state index is 0.0121. The molecule has 1 fully saturated rings. The van der Waals surface area contributed by atoms with Crippen molar-refractivity contribution < 1.29 is 9.59 Å². The van der Waals surface area contributed by atoms with Crippen molar-refractivity contribution >= 4 is 11.8 Å². The smallest absolute Gasteiger partial charge is 0.270 e. The Labute approximate surface area is 154 Å². The van der Waals surface area contributed by atoms with Gasteiger partial charge in [0.25, 0.3) is 11.8 Å². The number of aromatic nitrogens is 1. The number of aryl methyl sites for hydroxylation is 1. The quantitative estimate of drug-likeness (QED) is 0.919. The van der Waals surface area contributed by atoms with E-state index in [0.717, 1.165) is 31.5 Å². The Bertz CT molecular complexity index is 763. The fourth-order valence-corrected chi connectivity index (χ4v) is 3.12. The highest BCUT2D eigenvalue weighted by molar-refractivity contribution is 5.98. The number of nitrogens with one attached hydrogen (secondary N) is 1. The fourth-order valence-electron chi connectivity index (χ4n) is 3.12.